The molecule has 1 aromatic rings. The summed E-state index contributed by atoms with van der Waals surface area (Å²) in [5.74, 6) is -0.428. The summed E-state index contributed by atoms with van der Waals surface area (Å²) < 4.78 is 13.2. The zero-order valence-electron chi connectivity index (χ0n) is 8.06. The van der Waals surface area contributed by atoms with Crippen molar-refractivity contribution in [2.24, 2.45) is 0 Å². The lowest BCUT2D eigenvalue weighted by atomic mass is 9.87. The van der Waals surface area contributed by atoms with Gasteiger partial charge in [0.05, 0.1) is 6.57 Å². The average molecular weight is 177 g/mol. The van der Waals surface area contributed by atoms with Crippen LogP contribution in [0.5, 0.6) is 0 Å². The minimum absolute atomic E-state index is 0.0681. The van der Waals surface area contributed by atoms with Crippen molar-refractivity contribution in [3.63, 3.8) is 0 Å². The number of hydrogen-bond donors (Lipinski definition) is 0. The van der Waals surface area contributed by atoms with Crippen LogP contribution in [-0.2, 0) is 5.41 Å². The molecular formula is C11H12FN. The molecule has 0 saturated heterocycles. The van der Waals surface area contributed by atoms with Crippen LogP contribution in [0.2, 0.25) is 0 Å². The molecule has 0 amide bonds. The van der Waals surface area contributed by atoms with Gasteiger partial charge in [0.1, 0.15) is 5.82 Å². The third-order valence-electron chi connectivity index (χ3n) is 1.93. The van der Waals surface area contributed by atoms with Gasteiger partial charge in [-0.05, 0) is 17.0 Å². The van der Waals surface area contributed by atoms with Crippen LogP contribution < -0.4 is 0 Å². The van der Waals surface area contributed by atoms with E-state index in [2.05, 4.69) is 4.85 Å². The van der Waals surface area contributed by atoms with Gasteiger partial charge in [0, 0.05) is 0 Å². The minimum atomic E-state index is -0.428. The zero-order valence-corrected chi connectivity index (χ0v) is 8.06. The van der Waals surface area contributed by atoms with Gasteiger partial charge in [-0.2, -0.15) is 0 Å². The van der Waals surface area contributed by atoms with Gasteiger partial charge in [0.2, 0.25) is 5.69 Å². The molecule has 68 valence electrons. The molecule has 0 spiro atoms. The lowest BCUT2D eigenvalue weighted by molar-refractivity contribution is 0.574. The van der Waals surface area contributed by atoms with Crippen LogP contribution in [0.4, 0.5) is 10.1 Å². The topological polar surface area (TPSA) is 4.36 Å². The van der Waals surface area contributed by atoms with Crippen LogP contribution in [0, 0.1) is 12.4 Å². The summed E-state index contributed by atoms with van der Waals surface area (Å²) >= 11 is 0. The van der Waals surface area contributed by atoms with E-state index in [9.17, 15) is 4.39 Å². The van der Waals surface area contributed by atoms with E-state index in [0.717, 1.165) is 5.56 Å². The van der Waals surface area contributed by atoms with Gasteiger partial charge in [-0.1, -0.05) is 32.9 Å². The van der Waals surface area contributed by atoms with Gasteiger partial charge in [-0.25, -0.2) is 9.24 Å². The Morgan fingerprint density at radius 1 is 1.31 bits per heavy atom. The molecule has 0 N–H and O–H groups in total. The smallest absolute Gasteiger partial charge is 0.222 e. The Labute approximate surface area is 78.0 Å². The van der Waals surface area contributed by atoms with Gasteiger partial charge in [-0.3, -0.25) is 0 Å². The van der Waals surface area contributed by atoms with Crippen molar-refractivity contribution in [2.75, 3.05) is 0 Å². The Hall–Kier alpha value is -1.36. The van der Waals surface area contributed by atoms with Crippen LogP contribution in [0.15, 0.2) is 18.2 Å². The van der Waals surface area contributed by atoms with Crippen molar-refractivity contribution in [1.82, 2.24) is 0 Å². The highest BCUT2D eigenvalue weighted by Crippen LogP contribution is 2.26. The molecule has 0 bridgehead atoms. The third kappa shape index (κ3) is 2.06. The van der Waals surface area contributed by atoms with Crippen LogP contribution >= 0.6 is 0 Å². The van der Waals surface area contributed by atoms with Gasteiger partial charge in [-0.15, -0.1) is 0 Å². The largest absolute Gasteiger partial charge is 0.235 e. The van der Waals surface area contributed by atoms with E-state index in [4.69, 9.17) is 6.57 Å². The Morgan fingerprint density at radius 2 is 1.92 bits per heavy atom. The molecule has 0 heterocycles. The predicted molar refractivity (Wildman–Crippen MR) is 51.4 cm³/mol. The summed E-state index contributed by atoms with van der Waals surface area (Å²) in [7, 11) is 0. The maximum Gasteiger partial charge on any atom is 0.222 e. The Morgan fingerprint density at radius 3 is 2.31 bits per heavy atom. The molecule has 0 radical (unpaired) electrons. The molecule has 0 saturated carbocycles. The van der Waals surface area contributed by atoms with Crippen LogP contribution in [0.1, 0.15) is 26.3 Å². The molecule has 0 fully saturated rings. The molecule has 0 aliphatic carbocycles. The van der Waals surface area contributed by atoms with E-state index >= 15 is 0 Å². The summed E-state index contributed by atoms with van der Waals surface area (Å²) in [6.07, 6.45) is 0. The van der Waals surface area contributed by atoms with Gasteiger partial charge < -0.3 is 0 Å². The average Bonchev–Trinajstić information content (AvgIpc) is 2.02. The quantitative estimate of drug-likeness (QED) is 0.532. The number of halogens is 1. The maximum atomic E-state index is 13.2. The van der Waals surface area contributed by atoms with Crippen molar-refractivity contribution in [1.29, 1.82) is 0 Å². The summed E-state index contributed by atoms with van der Waals surface area (Å²) in [5.41, 5.74) is 0.937. The zero-order chi connectivity index (χ0) is 10.1. The van der Waals surface area contributed by atoms with Gasteiger partial charge in [0.25, 0.3) is 0 Å². The predicted octanol–water partition coefficient (Wildman–Crippen LogP) is 3.67. The highest BCUT2D eigenvalue weighted by atomic mass is 19.1. The first-order valence-corrected chi connectivity index (χ1v) is 4.12. The maximum absolute atomic E-state index is 13.2. The van der Waals surface area contributed by atoms with Crippen molar-refractivity contribution < 1.29 is 4.39 Å². The molecule has 1 nitrogen and oxygen atoms in total. The monoisotopic (exact) mass is 177 g/mol. The fourth-order valence-electron chi connectivity index (χ4n) is 1.06. The van der Waals surface area contributed by atoms with Gasteiger partial charge >= 0.3 is 0 Å². The summed E-state index contributed by atoms with van der Waals surface area (Å²) in [6, 6.07) is 4.77. The van der Waals surface area contributed by atoms with Gasteiger partial charge in [0.15, 0.2) is 0 Å². The van der Waals surface area contributed by atoms with Crippen molar-refractivity contribution in [3.05, 3.63) is 41.0 Å². The van der Waals surface area contributed by atoms with Crippen molar-refractivity contribution >= 4 is 5.69 Å². The molecule has 0 aliphatic heterocycles. The fourth-order valence-corrected chi connectivity index (χ4v) is 1.06. The normalized spacial score (nSPS) is 11.0. The number of rotatable bonds is 0. The highest BCUT2D eigenvalue weighted by molar-refractivity contribution is 5.48. The molecule has 1 rings (SSSR count). The number of hydrogen-bond acceptors (Lipinski definition) is 0. The minimum Gasteiger partial charge on any atom is -0.235 e. The van der Waals surface area contributed by atoms with Crippen molar-refractivity contribution in [2.45, 2.75) is 26.2 Å². The first-order chi connectivity index (χ1) is 5.95. The summed E-state index contributed by atoms with van der Waals surface area (Å²) in [6.45, 7) is 12.7. The van der Waals surface area contributed by atoms with E-state index in [1.165, 1.54) is 12.1 Å². The number of nitrogens with zero attached hydrogens (tertiary/aromatic N) is 1. The lowest BCUT2D eigenvalue weighted by Gasteiger charge is -2.18. The molecule has 0 atom stereocenters. The first kappa shape index (κ1) is 9.73. The summed E-state index contributed by atoms with van der Waals surface area (Å²) in [5, 5.41) is 0. The standard InChI is InChI=1S/C11H12FN/c1-11(2,3)8-5-6-10(13-4)9(12)7-8/h5-7H,1-3H3. The van der Waals surface area contributed by atoms with E-state index in [1.807, 2.05) is 20.8 Å². The second kappa shape index (κ2) is 3.18. The fraction of sp³-hybridized carbons (Fsp3) is 0.364. The lowest BCUT2D eigenvalue weighted by Crippen LogP contribution is -2.10. The Bertz CT molecular complexity index is 355. The van der Waals surface area contributed by atoms with Crippen molar-refractivity contribution in [3.8, 4) is 0 Å². The molecule has 1 aromatic carbocycles. The molecule has 0 aromatic heterocycles. The molecule has 2 heteroatoms. The van der Waals surface area contributed by atoms with E-state index < -0.39 is 5.82 Å². The Balaban J connectivity index is 3.20. The van der Waals surface area contributed by atoms with E-state index in [-0.39, 0.29) is 11.1 Å². The first-order valence-electron chi connectivity index (χ1n) is 4.12. The molecule has 0 unspecified atom stereocenters. The molecular weight excluding hydrogens is 165 g/mol. The summed E-state index contributed by atoms with van der Waals surface area (Å²) in [4.78, 5) is 3.07. The van der Waals surface area contributed by atoms with E-state index in [1.54, 1.807) is 6.07 Å². The second-order valence-electron chi connectivity index (χ2n) is 4.03. The SMILES string of the molecule is [C-]#[N+]c1ccc(C(C)(C)C)cc1F. The molecule has 13 heavy (non-hydrogen) atoms. The van der Waals surface area contributed by atoms with Crippen LogP contribution in [0.25, 0.3) is 4.85 Å². The van der Waals surface area contributed by atoms with Crippen LogP contribution in [-0.4, -0.2) is 0 Å². The highest BCUT2D eigenvalue weighted by Gasteiger charge is 2.15. The molecule has 0 aliphatic rings. The van der Waals surface area contributed by atoms with Crippen LogP contribution in [0.3, 0.4) is 0 Å². The second-order valence-corrected chi connectivity index (χ2v) is 4.03. The third-order valence-corrected chi connectivity index (χ3v) is 1.93. The van der Waals surface area contributed by atoms with E-state index in [0.29, 0.717) is 0 Å². The number of benzene rings is 1. The Kier molecular flexibility index (Phi) is 2.38.